The van der Waals surface area contributed by atoms with E-state index in [1.54, 1.807) is 0 Å². The van der Waals surface area contributed by atoms with Gasteiger partial charge >= 0.3 is 36.2 Å². The van der Waals surface area contributed by atoms with Crippen LogP contribution in [-0.2, 0) is 19.0 Å². The molecule has 1 N–H and O–H groups in total. The van der Waals surface area contributed by atoms with Gasteiger partial charge in [-0.05, 0) is 0 Å². The number of nitrogens with one attached hydrogen (secondary N) is 1. The lowest BCUT2D eigenvalue weighted by atomic mass is 10.1. The molecule has 0 aromatic heterocycles. The molecule has 1 fully saturated rings. The summed E-state index contributed by atoms with van der Waals surface area (Å²) in [7, 11) is 0. The van der Waals surface area contributed by atoms with E-state index in [2.05, 4.69) is 14.2 Å². The quantitative estimate of drug-likeness (QED) is 0.503. The lowest BCUT2D eigenvalue weighted by Crippen LogP contribution is -2.69. The molecule has 0 saturated carbocycles. The van der Waals surface area contributed by atoms with E-state index in [0.29, 0.717) is 5.32 Å². The highest BCUT2D eigenvalue weighted by atomic mass is 19.4. The van der Waals surface area contributed by atoms with Gasteiger partial charge in [-0.2, -0.15) is 52.7 Å². The summed E-state index contributed by atoms with van der Waals surface area (Å²) in [5.74, 6) is -7.08. The molecule has 0 radical (unpaired) electrons. The largest absolute Gasteiger partial charge is 0.453 e. The minimum absolute atomic E-state index is 0.513. The fourth-order valence-electron chi connectivity index (χ4n) is 2.06. The smallest absolute Gasteiger partial charge is 0.338 e. The zero-order chi connectivity index (χ0) is 23.1. The minimum atomic E-state index is -6.39. The Bertz CT molecular complexity index is 566. The SMILES string of the molecule is CCC(=O)NC(OC[C@@H]1COC(C(F)(F)F)(C(F)(F)F)O1)(C(F)(F)F)C(F)(F)F. The second-order valence-electron chi connectivity index (χ2n) is 5.55. The third-order valence-corrected chi connectivity index (χ3v) is 3.47. The van der Waals surface area contributed by atoms with Crippen molar-refractivity contribution in [2.75, 3.05) is 13.2 Å². The summed E-state index contributed by atoms with van der Waals surface area (Å²) in [4.78, 5) is 11.1. The van der Waals surface area contributed by atoms with Gasteiger partial charge in [0.1, 0.15) is 6.10 Å². The van der Waals surface area contributed by atoms with E-state index >= 15 is 0 Å². The van der Waals surface area contributed by atoms with E-state index in [4.69, 9.17) is 0 Å². The van der Waals surface area contributed by atoms with Gasteiger partial charge in [-0.3, -0.25) is 4.79 Å². The highest BCUT2D eigenvalue weighted by Gasteiger charge is 2.78. The van der Waals surface area contributed by atoms with Gasteiger partial charge in [0, 0.05) is 6.42 Å². The van der Waals surface area contributed by atoms with Crippen molar-refractivity contribution in [1.82, 2.24) is 5.32 Å². The normalized spacial score (nSPS) is 21.3. The number of hydrogen-bond donors (Lipinski definition) is 1. The van der Waals surface area contributed by atoms with E-state index < -0.39 is 67.9 Å². The van der Waals surface area contributed by atoms with E-state index in [0.717, 1.165) is 6.92 Å². The molecule has 5 nitrogen and oxygen atoms in total. The molecule has 1 saturated heterocycles. The molecule has 0 aromatic rings. The first-order valence-electron chi connectivity index (χ1n) is 7.27. The summed E-state index contributed by atoms with van der Waals surface area (Å²) < 4.78 is 166. The lowest BCUT2D eigenvalue weighted by molar-refractivity contribution is -0.445. The summed E-state index contributed by atoms with van der Waals surface area (Å²) in [5, 5.41) is 0.513. The fraction of sp³-hybridized carbons (Fsp3) is 0.917. The maximum atomic E-state index is 13.1. The molecule has 0 aliphatic carbocycles. The Balaban J connectivity index is 3.18. The van der Waals surface area contributed by atoms with Crippen LogP contribution in [0.5, 0.6) is 0 Å². The van der Waals surface area contributed by atoms with Crippen LogP contribution in [0.4, 0.5) is 52.7 Å². The number of alkyl halides is 12. The van der Waals surface area contributed by atoms with Crippen LogP contribution < -0.4 is 5.32 Å². The number of carbonyl (C=O) groups excluding carboxylic acids is 1. The Labute approximate surface area is 153 Å². The Morgan fingerprint density at radius 1 is 0.966 bits per heavy atom. The molecule has 1 heterocycles. The molecule has 0 unspecified atom stereocenters. The van der Waals surface area contributed by atoms with Crippen LogP contribution in [0.25, 0.3) is 0 Å². The van der Waals surface area contributed by atoms with Crippen LogP contribution in [0.3, 0.4) is 0 Å². The third-order valence-electron chi connectivity index (χ3n) is 3.47. The standard InChI is InChI=1S/C12H11F12NO4/c1-2-6(26)25-7(9(13,14)15,10(16,17)18)27-3-5-4-28-8(29-5,11(19,20)21)12(22,23)24/h5H,2-4H2,1H3,(H,25,26)/t5-/m1/s1. The zero-order valence-electron chi connectivity index (χ0n) is 13.9. The molecule has 1 amide bonds. The van der Waals surface area contributed by atoms with Gasteiger partial charge in [0.25, 0.3) is 0 Å². The van der Waals surface area contributed by atoms with Gasteiger partial charge < -0.3 is 19.5 Å². The maximum Gasteiger partial charge on any atom is 0.453 e. The second-order valence-corrected chi connectivity index (χ2v) is 5.55. The fourth-order valence-corrected chi connectivity index (χ4v) is 2.06. The lowest BCUT2D eigenvalue weighted by Gasteiger charge is -2.38. The Kier molecular flexibility index (Phi) is 6.73. The predicted molar refractivity (Wildman–Crippen MR) is 64.9 cm³/mol. The van der Waals surface area contributed by atoms with Gasteiger partial charge in [-0.15, -0.1) is 0 Å². The van der Waals surface area contributed by atoms with Gasteiger partial charge in [-0.1, -0.05) is 6.92 Å². The average molecular weight is 461 g/mol. The summed E-state index contributed by atoms with van der Waals surface area (Å²) in [6.45, 7) is -2.91. The number of amides is 1. The molecule has 17 heteroatoms. The monoisotopic (exact) mass is 461 g/mol. The van der Waals surface area contributed by atoms with Crippen molar-refractivity contribution in [2.45, 2.75) is 55.7 Å². The van der Waals surface area contributed by atoms with Gasteiger partial charge in [0.15, 0.2) is 0 Å². The van der Waals surface area contributed by atoms with Crippen LogP contribution in [-0.4, -0.2) is 61.4 Å². The number of hydrogen-bond acceptors (Lipinski definition) is 4. The van der Waals surface area contributed by atoms with Crippen LogP contribution in [0.15, 0.2) is 0 Å². The molecule has 172 valence electrons. The summed E-state index contributed by atoms with van der Waals surface area (Å²) in [5.41, 5.74) is -5.40. The molecule has 29 heavy (non-hydrogen) atoms. The van der Waals surface area contributed by atoms with Crippen molar-refractivity contribution in [2.24, 2.45) is 0 Å². The first-order chi connectivity index (χ1) is 12.7. The van der Waals surface area contributed by atoms with E-state index in [-0.39, 0.29) is 0 Å². The first kappa shape index (κ1) is 25.5. The van der Waals surface area contributed by atoms with E-state index in [1.165, 1.54) is 0 Å². The maximum absolute atomic E-state index is 13.1. The highest BCUT2D eigenvalue weighted by Crippen LogP contribution is 2.50. The number of rotatable bonds is 5. The Morgan fingerprint density at radius 2 is 1.41 bits per heavy atom. The molecular formula is C12H11F12NO4. The molecule has 0 aromatic carbocycles. The van der Waals surface area contributed by atoms with Crippen LogP contribution in [0, 0.1) is 0 Å². The molecule has 1 rings (SSSR count). The average Bonchev–Trinajstić information content (AvgIpc) is 2.93. The van der Waals surface area contributed by atoms with Gasteiger partial charge in [0.05, 0.1) is 13.2 Å². The molecule has 0 bridgehead atoms. The van der Waals surface area contributed by atoms with Crippen LogP contribution >= 0.6 is 0 Å². The molecule has 1 aliphatic rings. The summed E-state index contributed by atoms with van der Waals surface area (Å²) >= 11 is 0. The van der Waals surface area contributed by atoms with Crippen molar-refractivity contribution < 1.29 is 71.7 Å². The van der Waals surface area contributed by atoms with Crippen molar-refractivity contribution >= 4 is 5.91 Å². The van der Waals surface area contributed by atoms with E-state index in [1.807, 2.05) is 0 Å². The van der Waals surface area contributed by atoms with Gasteiger partial charge in [0.2, 0.25) is 5.91 Å². The van der Waals surface area contributed by atoms with Crippen LogP contribution in [0.2, 0.25) is 0 Å². The number of halogens is 12. The molecule has 1 aliphatic heterocycles. The highest BCUT2D eigenvalue weighted by molar-refractivity contribution is 5.76. The van der Waals surface area contributed by atoms with Crippen molar-refractivity contribution in [1.29, 1.82) is 0 Å². The van der Waals surface area contributed by atoms with Gasteiger partial charge in [-0.25, -0.2) is 0 Å². The topological polar surface area (TPSA) is 56.8 Å². The summed E-state index contributed by atoms with van der Waals surface area (Å²) in [6, 6.07) is 0. The first-order valence-corrected chi connectivity index (χ1v) is 7.27. The summed E-state index contributed by atoms with van der Waals surface area (Å²) in [6.07, 6.45) is -28.8. The molecule has 0 spiro atoms. The predicted octanol–water partition coefficient (Wildman–Crippen LogP) is 3.59. The number of ether oxygens (including phenoxy) is 3. The van der Waals surface area contributed by atoms with Crippen molar-refractivity contribution in [3.63, 3.8) is 0 Å². The Morgan fingerprint density at radius 3 is 1.72 bits per heavy atom. The van der Waals surface area contributed by atoms with Crippen LogP contribution in [0.1, 0.15) is 13.3 Å². The molecular weight excluding hydrogens is 450 g/mol. The van der Waals surface area contributed by atoms with Crippen molar-refractivity contribution in [3.05, 3.63) is 0 Å². The number of carbonyl (C=O) groups is 1. The zero-order valence-corrected chi connectivity index (χ0v) is 13.9. The molecule has 1 atom stereocenters. The van der Waals surface area contributed by atoms with Crippen molar-refractivity contribution in [3.8, 4) is 0 Å². The Hall–Kier alpha value is -1.49. The minimum Gasteiger partial charge on any atom is -0.338 e. The third kappa shape index (κ3) is 4.65. The second kappa shape index (κ2) is 7.64. The van der Waals surface area contributed by atoms with E-state index in [9.17, 15) is 57.5 Å².